The molecule has 0 bridgehead atoms. The number of hydrogen-bond donors (Lipinski definition) is 0. The van der Waals surface area contributed by atoms with Crippen LogP contribution >= 0.6 is 0 Å². The Labute approximate surface area is 136 Å². The van der Waals surface area contributed by atoms with Crippen LogP contribution < -0.4 is 0 Å². The van der Waals surface area contributed by atoms with Crippen LogP contribution in [-0.2, 0) is 0 Å². The van der Waals surface area contributed by atoms with Crippen molar-refractivity contribution >= 4 is 0 Å². The summed E-state index contributed by atoms with van der Waals surface area (Å²) in [5.41, 5.74) is 1.16. The fourth-order valence-electron chi connectivity index (χ4n) is 4.01. The van der Waals surface area contributed by atoms with E-state index in [4.69, 9.17) is 0 Å². The third kappa shape index (κ3) is 4.37. The molecule has 0 amide bonds. The summed E-state index contributed by atoms with van der Waals surface area (Å²) < 4.78 is 0. The van der Waals surface area contributed by atoms with Crippen LogP contribution in [-0.4, -0.2) is 24.0 Å². The molecule has 1 saturated carbocycles. The third-order valence-electron chi connectivity index (χ3n) is 5.27. The summed E-state index contributed by atoms with van der Waals surface area (Å²) in [5.74, 6) is 7.94. The molecule has 1 aromatic carbocycles. The maximum Gasteiger partial charge on any atom is 0.0746 e. The van der Waals surface area contributed by atoms with Crippen LogP contribution in [0.2, 0.25) is 0 Å². The Morgan fingerprint density at radius 2 is 1.45 bits per heavy atom. The second-order valence-electron chi connectivity index (χ2n) is 6.93. The van der Waals surface area contributed by atoms with Gasteiger partial charge in [-0.2, -0.15) is 0 Å². The van der Waals surface area contributed by atoms with Gasteiger partial charge in [-0.15, -0.1) is 0 Å². The van der Waals surface area contributed by atoms with Crippen molar-refractivity contribution < 1.29 is 0 Å². The molecule has 3 rings (SSSR count). The Bertz CT molecular complexity index is 482. The lowest BCUT2D eigenvalue weighted by Crippen LogP contribution is -2.41. The molecule has 1 heteroatoms. The van der Waals surface area contributed by atoms with E-state index in [-0.39, 0.29) is 0 Å². The average Bonchev–Trinajstić information content (AvgIpc) is 2.86. The van der Waals surface area contributed by atoms with E-state index in [0.29, 0.717) is 6.04 Å². The Morgan fingerprint density at radius 3 is 2.14 bits per heavy atom. The summed E-state index contributed by atoms with van der Waals surface area (Å²) in [6.45, 7) is 2.51. The van der Waals surface area contributed by atoms with Gasteiger partial charge in [0.2, 0.25) is 0 Å². The SMILES string of the molecule is C(#CC(C1CCCCC1)N1CCCCCC1)c1ccccc1. The molecular weight excluding hydrogens is 266 g/mol. The maximum absolute atomic E-state index is 3.68. The maximum atomic E-state index is 3.68. The highest BCUT2D eigenvalue weighted by molar-refractivity contribution is 5.35. The molecule has 1 atom stereocenters. The molecule has 1 heterocycles. The molecule has 0 radical (unpaired) electrons. The Morgan fingerprint density at radius 1 is 0.818 bits per heavy atom. The quantitative estimate of drug-likeness (QED) is 0.704. The van der Waals surface area contributed by atoms with Gasteiger partial charge in [-0.3, -0.25) is 4.90 Å². The van der Waals surface area contributed by atoms with Gasteiger partial charge in [-0.25, -0.2) is 0 Å². The van der Waals surface area contributed by atoms with E-state index in [0.717, 1.165) is 11.5 Å². The molecule has 1 saturated heterocycles. The second-order valence-corrected chi connectivity index (χ2v) is 6.93. The lowest BCUT2D eigenvalue weighted by Gasteiger charge is -2.35. The van der Waals surface area contributed by atoms with Crippen LogP contribution in [0.25, 0.3) is 0 Å². The number of nitrogens with zero attached hydrogens (tertiary/aromatic N) is 1. The van der Waals surface area contributed by atoms with Crippen LogP contribution in [0.3, 0.4) is 0 Å². The van der Waals surface area contributed by atoms with Crippen molar-refractivity contribution in [2.24, 2.45) is 5.92 Å². The minimum Gasteiger partial charge on any atom is -0.290 e. The molecule has 118 valence electrons. The molecule has 1 aromatic rings. The minimum atomic E-state index is 0.485. The smallest absolute Gasteiger partial charge is 0.0746 e. The van der Waals surface area contributed by atoms with E-state index in [2.05, 4.69) is 47.1 Å². The first kappa shape index (κ1) is 15.6. The molecule has 2 fully saturated rings. The number of likely N-dealkylation sites (tertiary alicyclic amines) is 1. The molecule has 1 nitrogen and oxygen atoms in total. The zero-order valence-corrected chi connectivity index (χ0v) is 13.8. The normalized spacial score (nSPS) is 22.4. The fraction of sp³-hybridized carbons (Fsp3) is 0.619. The summed E-state index contributed by atoms with van der Waals surface area (Å²) in [5, 5.41) is 0. The van der Waals surface area contributed by atoms with Gasteiger partial charge in [-0.05, 0) is 56.8 Å². The van der Waals surface area contributed by atoms with Gasteiger partial charge < -0.3 is 0 Å². The molecule has 0 aromatic heterocycles. The van der Waals surface area contributed by atoms with Crippen LogP contribution in [0.15, 0.2) is 30.3 Å². The summed E-state index contributed by atoms with van der Waals surface area (Å²) in [7, 11) is 0. The minimum absolute atomic E-state index is 0.485. The van der Waals surface area contributed by atoms with Crippen molar-refractivity contribution in [2.75, 3.05) is 13.1 Å². The highest BCUT2D eigenvalue weighted by atomic mass is 15.2. The molecule has 22 heavy (non-hydrogen) atoms. The topological polar surface area (TPSA) is 3.24 Å². The van der Waals surface area contributed by atoms with Gasteiger partial charge in [-0.1, -0.05) is 62.1 Å². The molecule has 2 aliphatic rings. The van der Waals surface area contributed by atoms with Crippen molar-refractivity contribution in [3.05, 3.63) is 35.9 Å². The fourth-order valence-corrected chi connectivity index (χ4v) is 4.01. The van der Waals surface area contributed by atoms with Crippen molar-refractivity contribution in [2.45, 2.75) is 63.8 Å². The second kappa shape index (κ2) is 8.39. The zero-order valence-electron chi connectivity index (χ0n) is 13.8. The van der Waals surface area contributed by atoms with E-state index in [1.807, 2.05) is 0 Å². The number of benzene rings is 1. The molecule has 0 spiro atoms. The van der Waals surface area contributed by atoms with Gasteiger partial charge >= 0.3 is 0 Å². The highest BCUT2D eigenvalue weighted by Gasteiger charge is 2.27. The average molecular weight is 295 g/mol. The van der Waals surface area contributed by atoms with E-state index in [9.17, 15) is 0 Å². The molecule has 1 aliphatic heterocycles. The summed E-state index contributed by atoms with van der Waals surface area (Å²) in [4.78, 5) is 2.71. The Balaban J connectivity index is 1.77. The first-order chi connectivity index (χ1) is 10.9. The van der Waals surface area contributed by atoms with Crippen molar-refractivity contribution in [1.29, 1.82) is 0 Å². The molecule has 1 unspecified atom stereocenters. The van der Waals surface area contributed by atoms with Crippen LogP contribution in [0.1, 0.15) is 63.4 Å². The first-order valence-corrected chi connectivity index (χ1v) is 9.24. The van der Waals surface area contributed by atoms with Gasteiger partial charge in [0, 0.05) is 5.56 Å². The van der Waals surface area contributed by atoms with Crippen molar-refractivity contribution in [3.8, 4) is 11.8 Å². The van der Waals surface area contributed by atoms with Crippen LogP contribution in [0.4, 0.5) is 0 Å². The highest BCUT2D eigenvalue weighted by Crippen LogP contribution is 2.30. The number of rotatable bonds is 2. The van der Waals surface area contributed by atoms with E-state index in [1.165, 1.54) is 70.9 Å². The monoisotopic (exact) mass is 295 g/mol. The van der Waals surface area contributed by atoms with E-state index in [1.54, 1.807) is 0 Å². The summed E-state index contributed by atoms with van der Waals surface area (Å²) in [6, 6.07) is 11.0. The van der Waals surface area contributed by atoms with E-state index < -0.39 is 0 Å². The van der Waals surface area contributed by atoms with E-state index >= 15 is 0 Å². The van der Waals surface area contributed by atoms with Gasteiger partial charge in [0.05, 0.1) is 6.04 Å². The lowest BCUT2D eigenvalue weighted by atomic mass is 9.83. The standard InChI is InChI=1S/C21H29N/c1-2-10-18-22(17-9-1)21(20-13-7-4-8-14-20)16-15-19-11-5-3-6-12-19/h3,5-6,11-12,20-21H,1-2,4,7-10,13-14,17-18H2. The predicted octanol–water partition coefficient (Wildman–Crippen LogP) is 4.86. The Hall–Kier alpha value is -1.26. The third-order valence-corrected chi connectivity index (χ3v) is 5.27. The van der Waals surface area contributed by atoms with Gasteiger partial charge in [0.1, 0.15) is 0 Å². The number of hydrogen-bond acceptors (Lipinski definition) is 1. The predicted molar refractivity (Wildman–Crippen MR) is 93.7 cm³/mol. The summed E-state index contributed by atoms with van der Waals surface area (Å²) >= 11 is 0. The molecular formula is C21H29N. The zero-order chi connectivity index (χ0) is 15.0. The summed E-state index contributed by atoms with van der Waals surface area (Å²) in [6.07, 6.45) is 12.5. The molecule has 1 aliphatic carbocycles. The first-order valence-electron chi connectivity index (χ1n) is 9.24. The largest absolute Gasteiger partial charge is 0.290 e. The van der Waals surface area contributed by atoms with Crippen molar-refractivity contribution in [3.63, 3.8) is 0 Å². The van der Waals surface area contributed by atoms with Crippen molar-refractivity contribution in [1.82, 2.24) is 4.90 Å². The van der Waals surface area contributed by atoms with Gasteiger partial charge in [0.25, 0.3) is 0 Å². The van der Waals surface area contributed by atoms with Gasteiger partial charge in [0.15, 0.2) is 0 Å². The molecule has 0 N–H and O–H groups in total. The van der Waals surface area contributed by atoms with Crippen LogP contribution in [0.5, 0.6) is 0 Å². The Kier molecular flexibility index (Phi) is 5.96. The van der Waals surface area contributed by atoms with Crippen LogP contribution in [0, 0.1) is 17.8 Å². The lowest BCUT2D eigenvalue weighted by molar-refractivity contribution is 0.160.